The first-order valence-corrected chi connectivity index (χ1v) is 8.67. The highest BCUT2D eigenvalue weighted by molar-refractivity contribution is 7.17. The lowest BCUT2D eigenvalue weighted by atomic mass is 10.1. The molecule has 0 aliphatic carbocycles. The molecule has 6 heteroatoms. The Bertz CT molecular complexity index is 815. The summed E-state index contributed by atoms with van der Waals surface area (Å²) in [5, 5.41) is 6.78. The van der Waals surface area contributed by atoms with Gasteiger partial charge in [0.05, 0.1) is 12.5 Å². The van der Waals surface area contributed by atoms with E-state index in [1.165, 1.54) is 0 Å². The highest BCUT2D eigenvalue weighted by Crippen LogP contribution is 2.38. The molecule has 1 aromatic carbocycles. The molecule has 2 aromatic heterocycles. The molecule has 0 unspecified atom stereocenters. The number of rotatable bonds is 5. The molecule has 0 aliphatic heterocycles. The van der Waals surface area contributed by atoms with Crippen LogP contribution in [0.1, 0.15) is 13.8 Å². The average Bonchev–Trinajstić information content (AvgIpc) is 2.96. The minimum absolute atomic E-state index is 0.270. The topological polar surface area (TPSA) is 47.0 Å². The summed E-state index contributed by atoms with van der Waals surface area (Å²) in [6.07, 6.45) is 0. The van der Waals surface area contributed by atoms with Crippen molar-refractivity contribution in [2.75, 3.05) is 19.0 Å². The molecule has 0 saturated carbocycles. The Hall–Kier alpha value is -1.85. The lowest BCUT2D eigenvalue weighted by Gasteiger charge is -2.11. The Morgan fingerprint density at radius 3 is 2.61 bits per heavy atom. The molecule has 1 N–H and O–H groups in total. The predicted octanol–water partition coefficient (Wildman–Crippen LogP) is 5.09. The van der Waals surface area contributed by atoms with Gasteiger partial charge >= 0.3 is 0 Å². The number of anilines is 1. The van der Waals surface area contributed by atoms with Crippen LogP contribution < -0.4 is 10.1 Å². The van der Waals surface area contributed by atoms with E-state index in [0.717, 1.165) is 39.5 Å². The number of hydrogen-bond donors (Lipinski definition) is 1. The van der Waals surface area contributed by atoms with Gasteiger partial charge < -0.3 is 10.1 Å². The van der Waals surface area contributed by atoms with Crippen molar-refractivity contribution >= 4 is 39.0 Å². The molecule has 120 valence electrons. The third kappa shape index (κ3) is 3.41. The molecule has 3 rings (SSSR count). The van der Waals surface area contributed by atoms with Gasteiger partial charge in [0.15, 0.2) is 0 Å². The quantitative estimate of drug-likeness (QED) is 0.653. The molecule has 0 radical (unpaired) electrons. The molecular weight excluding hydrogens is 330 g/mol. The highest BCUT2D eigenvalue weighted by atomic mass is 35.5. The molecule has 0 fully saturated rings. The Morgan fingerprint density at radius 1 is 1.22 bits per heavy atom. The second-order valence-electron chi connectivity index (χ2n) is 5.67. The summed E-state index contributed by atoms with van der Waals surface area (Å²) in [6.45, 7) is 5.15. The molecule has 0 saturated heterocycles. The van der Waals surface area contributed by atoms with E-state index in [1.54, 1.807) is 18.4 Å². The van der Waals surface area contributed by atoms with Crippen LogP contribution >= 0.6 is 22.9 Å². The van der Waals surface area contributed by atoms with Gasteiger partial charge in [-0.15, -0.1) is 11.3 Å². The summed E-state index contributed by atoms with van der Waals surface area (Å²) >= 11 is 7.64. The van der Waals surface area contributed by atoms with Crippen LogP contribution in [0.25, 0.3) is 21.3 Å². The monoisotopic (exact) mass is 347 g/mol. The largest absolute Gasteiger partial charge is 0.497 e. The molecule has 4 nitrogen and oxygen atoms in total. The summed E-state index contributed by atoms with van der Waals surface area (Å²) in [4.78, 5) is 9.63. The van der Waals surface area contributed by atoms with Crippen molar-refractivity contribution in [3.05, 3.63) is 34.9 Å². The van der Waals surface area contributed by atoms with Gasteiger partial charge in [0, 0.05) is 17.5 Å². The maximum atomic E-state index is 6.06. The van der Waals surface area contributed by atoms with Gasteiger partial charge in [-0.25, -0.2) is 9.97 Å². The van der Waals surface area contributed by atoms with Gasteiger partial charge in [0.1, 0.15) is 16.4 Å². The summed E-state index contributed by atoms with van der Waals surface area (Å²) in [5.41, 5.74) is 2.21. The second-order valence-corrected chi connectivity index (χ2v) is 6.87. The maximum Gasteiger partial charge on any atom is 0.225 e. The van der Waals surface area contributed by atoms with E-state index in [-0.39, 0.29) is 5.28 Å². The fourth-order valence-electron chi connectivity index (χ4n) is 2.33. The van der Waals surface area contributed by atoms with E-state index in [0.29, 0.717) is 5.92 Å². The Balaban J connectivity index is 2.09. The van der Waals surface area contributed by atoms with Gasteiger partial charge in [-0.05, 0) is 35.2 Å². The van der Waals surface area contributed by atoms with Crippen LogP contribution in [-0.2, 0) is 0 Å². The molecule has 3 aromatic rings. The van der Waals surface area contributed by atoms with Crippen molar-refractivity contribution in [1.29, 1.82) is 0 Å². The van der Waals surface area contributed by atoms with Crippen molar-refractivity contribution in [2.24, 2.45) is 5.92 Å². The van der Waals surface area contributed by atoms with E-state index in [1.807, 2.05) is 24.3 Å². The first kappa shape index (κ1) is 16.0. The number of hydrogen-bond acceptors (Lipinski definition) is 5. The average molecular weight is 348 g/mol. The van der Waals surface area contributed by atoms with Crippen LogP contribution in [0, 0.1) is 5.92 Å². The van der Waals surface area contributed by atoms with Crippen molar-refractivity contribution in [3.8, 4) is 16.9 Å². The molecular formula is C17H18ClN3OS. The van der Waals surface area contributed by atoms with E-state index < -0.39 is 0 Å². The predicted molar refractivity (Wildman–Crippen MR) is 97.7 cm³/mol. The van der Waals surface area contributed by atoms with Crippen LogP contribution in [-0.4, -0.2) is 23.6 Å². The number of ether oxygens (including phenoxy) is 1. The summed E-state index contributed by atoms with van der Waals surface area (Å²) < 4.78 is 5.23. The smallest absolute Gasteiger partial charge is 0.225 e. The molecule has 0 amide bonds. The Kier molecular flexibility index (Phi) is 4.68. The van der Waals surface area contributed by atoms with Crippen LogP contribution in [0.3, 0.4) is 0 Å². The third-order valence-electron chi connectivity index (χ3n) is 3.49. The fraction of sp³-hybridized carbons (Fsp3) is 0.294. The van der Waals surface area contributed by atoms with Crippen LogP contribution in [0.15, 0.2) is 29.6 Å². The van der Waals surface area contributed by atoms with E-state index >= 15 is 0 Å². The molecule has 0 atom stereocenters. The Labute approximate surface area is 144 Å². The van der Waals surface area contributed by atoms with Gasteiger partial charge in [-0.1, -0.05) is 26.0 Å². The zero-order chi connectivity index (χ0) is 16.4. The SMILES string of the molecule is COc1ccc(-c2csc3nc(Cl)nc(NCC(C)C)c23)cc1. The van der Waals surface area contributed by atoms with E-state index in [2.05, 4.69) is 34.5 Å². The lowest BCUT2D eigenvalue weighted by molar-refractivity contribution is 0.415. The van der Waals surface area contributed by atoms with Crippen molar-refractivity contribution in [3.63, 3.8) is 0 Å². The summed E-state index contributed by atoms with van der Waals surface area (Å²) in [7, 11) is 1.67. The van der Waals surface area contributed by atoms with E-state index in [9.17, 15) is 0 Å². The number of aromatic nitrogens is 2. The zero-order valence-electron chi connectivity index (χ0n) is 13.3. The highest BCUT2D eigenvalue weighted by Gasteiger charge is 2.15. The minimum Gasteiger partial charge on any atom is -0.497 e. The molecule has 0 bridgehead atoms. The number of nitrogens with one attached hydrogen (secondary N) is 1. The number of halogens is 1. The standard InChI is InChI=1S/C17H18ClN3OS/c1-10(2)8-19-15-14-13(9-23-16(14)21-17(18)20-15)11-4-6-12(22-3)7-5-11/h4-7,9-10H,8H2,1-3H3,(H,19,20,21). The number of benzene rings is 1. The fourth-order valence-corrected chi connectivity index (χ4v) is 3.49. The summed E-state index contributed by atoms with van der Waals surface area (Å²) in [5.74, 6) is 2.15. The lowest BCUT2D eigenvalue weighted by Crippen LogP contribution is -2.09. The normalized spacial score (nSPS) is 11.2. The first-order chi connectivity index (χ1) is 11.1. The van der Waals surface area contributed by atoms with Crippen LogP contribution in [0.5, 0.6) is 5.75 Å². The molecule has 0 spiro atoms. The first-order valence-electron chi connectivity index (χ1n) is 7.41. The third-order valence-corrected chi connectivity index (χ3v) is 4.53. The maximum absolute atomic E-state index is 6.06. The minimum atomic E-state index is 0.270. The van der Waals surface area contributed by atoms with Crippen LogP contribution in [0.2, 0.25) is 5.28 Å². The number of nitrogens with zero attached hydrogens (tertiary/aromatic N) is 2. The Morgan fingerprint density at radius 2 is 1.96 bits per heavy atom. The van der Waals surface area contributed by atoms with Gasteiger partial charge in [0.25, 0.3) is 0 Å². The number of thiophene rings is 1. The van der Waals surface area contributed by atoms with Crippen LogP contribution in [0.4, 0.5) is 5.82 Å². The van der Waals surface area contributed by atoms with Crippen molar-refractivity contribution in [1.82, 2.24) is 9.97 Å². The van der Waals surface area contributed by atoms with Gasteiger partial charge in [-0.2, -0.15) is 0 Å². The molecule has 23 heavy (non-hydrogen) atoms. The second kappa shape index (κ2) is 6.72. The number of methoxy groups -OCH3 is 1. The van der Waals surface area contributed by atoms with Crippen molar-refractivity contribution in [2.45, 2.75) is 13.8 Å². The van der Waals surface area contributed by atoms with E-state index in [4.69, 9.17) is 16.3 Å². The zero-order valence-corrected chi connectivity index (χ0v) is 14.8. The summed E-state index contributed by atoms with van der Waals surface area (Å²) in [6, 6.07) is 8.00. The molecule has 2 heterocycles. The van der Waals surface area contributed by atoms with Gasteiger partial charge in [0.2, 0.25) is 5.28 Å². The number of fused-ring (bicyclic) bond motifs is 1. The van der Waals surface area contributed by atoms with Crippen molar-refractivity contribution < 1.29 is 4.74 Å². The molecule has 0 aliphatic rings. The van der Waals surface area contributed by atoms with Gasteiger partial charge in [-0.3, -0.25) is 0 Å².